The van der Waals surface area contributed by atoms with Gasteiger partial charge < -0.3 is 0 Å². The van der Waals surface area contributed by atoms with Crippen LogP contribution < -0.4 is 10.9 Å². The first-order chi connectivity index (χ1) is 7.58. The third-order valence-corrected chi connectivity index (χ3v) is 3.09. The highest BCUT2D eigenvalue weighted by atomic mass is 35.5. The van der Waals surface area contributed by atoms with Crippen LogP contribution in [-0.2, 0) is 9.59 Å². The number of halogens is 2. The van der Waals surface area contributed by atoms with Gasteiger partial charge in [0, 0.05) is 6.42 Å². The van der Waals surface area contributed by atoms with E-state index in [1.807, 2.05) is 0 Å². The van der Waals surface area contributed by atoms with Gasteiger partial charge in [0.25, 0.3) is 0 Å². The molecule has 1 saturated heterocycles. The number of nitrogens with one attached hydrogen (secondary N) is 2. The number of carbonyl (C=O) groups excluding carboxylic acids is 2. The fraction of sp³-hybridized carbons (Fsp3) is 0.200. The van der Waals surface area contributed by atoms with Crippen molar-refractivity contribution in [2.75, 3.05) is 0 Å². The minimum absolute atomic E-state index is 0.115. The highest BCUT2D eigenvalue weighted by molar-refractivity contribution is 6.42. The van der Waals surface area contributed by atoms with Gasteiger partial charge in [-0.3, -0.25) is 15.0 Å². The van der Waals surface area contributed by atoms with Crippen LogP contribution in [0.2, 0.25) is 10.0 Å². The van der Waals surface area contributed by atoms with Crippen molar-refractivity contribution in [3.63, 3.8) is 0 Å². The van der Waals surface area contributed by atoms with E-state index in [4.69, 9.17) is 23.2 Å². The zero-order chi connectivity index (χ0) is 11.7. The monoisotopic (exact) mass is 258 g/mol. The van der Waals surface area contributed by atoms with E-state index >= 15 is 0 Å². The first-order valence-electron chi connectivity index (χ1n) is 4.61. The SMILES string of the molecule is O=C1CC(c2ccc(Cl)c(Cl)c2)NNC1=O. The lowest BCUT2D eigenvalue weighted by atomic mass is 10.0. The molecule has 1 atom stereocenters. The second-order valence-electron chi connectivity index (χ2n) is 3.45. The van der Waals surface area contributed by atoms with Crippen molar-refractivity contribution in [2.45, 2.75) is 12.5 Å². The Hall–Kier alpha value is -1.10. The van der Waals surface area contributed by atoms with Crippen LogP contribution in [0, 0.1) is 0 Å². The first kappa shape index (κ1) is 11.4. The van der Waals surface area contributed by atoms with Crippen LogP contribution in [0.25, 0.3) is 0 Å². The third kappa shape index (κ3) is 2.19. The average Bonchev–Trinajstić information content (AvgIpc) is 2.26. The molecule has 1 aromatic carbocycles. The summed E-state index contributed by atoms with van der Waals surface area (Å²) in [5.41, 5.74) is 5.85. The van der Waals surface area contributed by atoms with Crippen LogP contribution in [0.5, 0.6) is 0 Å². The molecule has 84 valence electrons. The number of benzene rings is 1. The van der Waals surface area contributed by atoms with Crippen molar-refractivity contribution in [1.29, 1.82) is 0 Å². The Kier molecular flexibility index (Phi) is 3.14. The molecule has 4 nitrogen and oxygen atoms in total. The summed E-state index contributed by atoms with van der Waals surface area (Å²) < 4.78 is 0. The Morgan fingerprint density at radius 3 is 2.56 bits per heavy atom. The molecule has 0 radical (unpaired) electrons. The Balaban J connectivity index is 2.22. The summed E-state index contributed by atoms with van der Waals surface area (Å²) in [6, 6.07) is 4.82. The normalized spacial score (nSPS) is 20.8. The Morgan fingerprint density at radius 1 is 1.19 bits per heavy atom. The lowest BCUT2D eigenvalue weighted by molar-refractivity contribution is -0.141. The maximum Gasteiger partial charge on any atom is 0.301 e. The summed E-state index contributed by atoms with van der Waals surface area (Å²) in [4.78, 5) is 22.1. The number of rotatable bonds is 1. The highest BCUT2D eigenvalue weighted by Crippen LogP contribution is 2.27. The van der Waals surface area contributed by atoms with Crippen LogP contribution in [0.4, 0.5) is 0 Å². The third-order valence-electron chi connectivity index (χ3n) is 2.35. The molecule has 1 heterocycles. The molecule has 2 rings (SSSR count). The molecule has 1 aliphatic heterocycles. The molecule has 1 amide bonds. The number of hydrogen-bond acceptors (Lipinski definition) is 3. The molecule has 0 bridgehead atoms. The summed E-state index contributed by atoms with van der Waals surface area (Å²) in [5.74, 6) is -1.06. The molecule has 0 aliphatic carbocycles. The zero-order valence-electron chi connectivity index (χ0n) is 8.09. The largest absolute Gasteiger partial charge is 0.301 e. The van der Waals surface area contributed by atoms with E-state index in [-0.39, 0.29) is 12.5 Å². The van der Waals surface area contributed by atoms with E-state index in [1.165, 1.54) is 0 Å². The van der Waals surface area contributed by atoms with Crippen LogP contribution in [0.1, 0.15) is 18.0 Å². The van der Waals surface area contributed by atoms with E-state index in [9.17, 15) is 9.59 Å². The van der Waals surface area contributed by atoms with Crippen LogP contribution in [0.15, 0.2) is 18.2 Å². The van der Waals surface area contributed by atoms with Gasteiger partial charge in [-0.15, -0.1) is 0 Å². The topological polar surface area (TPSA) is 58.2 Å². The molecule has 1 unspecified atom stereocenters. The number of ketones is 1. The Bertz CT molecular complexity index is 462. The van der Waals surface area contributed by atoms with Gasteiger partial charge in [0.2, 0.25) is 5.78 Å². The molecule has 1 aliphatic rings. The van der Waals surface area contributed by atoms with Crippen molar-refractivity contribution in [3.8, 4) is 0 Å². The smallest absolute Gasteiger partial charge is 0.289 e. The van der Waals surface area contributed by atoms with E-state index < -0.39 is 11.7 Å². The first-order valence-corrected chi connectivity index (χ1v) is 5.37. The summed E-state index contributed by atoms with van der Waals surface area (Å²) in [6.45, 7) is 0. The number of hydrazine groups is 1. The lowest BCUT2D eigenvalue weighted by Crippen LogP contribution is -2.49. The van der Waals surface area contributed by atoms with Crippen LogP contribution in [0.3, 0.4) is 0 Å². The van der Waals surface area contributed by atoms with Gasteiger partial charge in [0.1, 0.15) is 0 Å². The molecule has 6 heteroatoms. The van der Waals surface area contributed by atoms with Crippen LogP contribution in [-0.4, -0.2) is 11.7 Å². The highest BCUT2D eigenvalue weighted by Gasteiger charge is 2.26. The van der Waals surface area contributed by atoms with E-state index in [0.717, 1.165) is 5.56 Å². The predicted molar refractivity (Wildman–Crippen MR) is 60.1 cm³/mol. The molecule has 1 aromatic rings. The fourth-order valence-electron chi connectivity index (χ4n) is 1.48. The van der Waals surface area contributed by atoms with E-state index in [0.29, 0.717) is 10.0 Å². The van der Waals surface area contributed by atoms with Crippen molar-refractivity contribution < 1.29 is 9.59 Å². The minimum Gasteiger partial charge on any atom is -0.289 e. The van der Waals surface area contributed by atoms with Crippen molar-refractivity contribution in [2.24, 2.45) is 0 Å². The molecular formula is C10H8Cl2N2O2. The predicted octanol–water partition coefficient (Wildman–Crippen LogP) is 1.63. The van der Waals surface area contributed by atoms with E-state index in [2.05, 4.69) is 10.9 Å². The molecular weight excluding hydrogens is 251 g/mol. The fourth-order valence-corrected chi connectivity index (χ4v) is 1.79. The maximum absolute atomic E-state index is 11.2. The molecule has 2 N–H and O–H groups in total. The van der Waals surface area contributed by atoms with Gasteiger partial charge in [-0.1, -0.05) is 29.3 Å². The summed E-state index contributed by atoms with van der Waals surface area (Å²) in [6.07, 6.45) is 0.115. The molecule has 16 heavy (non-hydrogen) atoms. The van der Waals surface area contributed by atoms with Gasteiger partial charge in [-0.2, -0.15) is 0 Å². The second kappa shape index (κ2) is 4.41. The molecule has 0 aromatic heterocycles. The maximum atomic E-state index is 11.2. The second-order valence-corrected chi connectivity index (χ2v) is 4.27. The number of carbonyl (C=O) groups is 2. The number of amides is 1. The minimum atomic E-state index is -0.615. The van der Waals surface area contributed by atoms with Gasteiger partial charge in [0.05, 0.1) is 16.1 Å². The van der Waals surface area contributed by atoms with Gasteiger partial charge in [0.15, 0.2) is 0 Å². The number of hydrogen-bond donors (Lipinski definition) is 2. The summed E-state index contributed by atoms with van der Waals surface area (Å²) >= 11 is 11.6. The zero-order valence-corrected chi connectivity index (χ0v) is 9.60. The van der Waals surface area contributed by atoms with Gasteiger partial charge >= 0.3 is 5.91 Å². The van der Waals surface area contributed by atoms with E-state index in [1.54, 1.807) is 18.2 Å². The number of Topliss-reactive ketones (excluding diaryl/α,β-unsaturated/α-hetero) is 1. The summed E-state index contributed by atoms with van der Waals surface area (Å²) in [7, 11) is 0. The molecule has 0 saturated carbocycles. The van der Waals surface area contributed by atoms with Crippen molar-refractivity contribution in [3.05, 3.63) is 33.8 Å². The average molecular weight is 259 g/mol. The molecule has 0 spiro atoms. The Morgan fingerprint density at radius 2 is 1.94 bits per heavy atom. The summed E-state index contributed by atoms with van der Waals surface area (Å²) in [5, 5.41) is 0.877. The van der Waals surface area contributed by atoms with Crippen molar-refractivity contribution in [1.82, 2.24) is 10.9 Å². The quantitative estimate of drug-likeness (QED) is 0.753. The standard InChI is InChI=1S/C10H8Cl2N2O2/c11-6-2-1-5(3-7(6)12)8-4-9(15)10(16)14-13-8/h1-3,8,13H,4H2,(H,14,16). The van der Waals surface area contributed by atoms with Crippen molar-refractivity contribution >= 4 is 34.9 Å². The Labute approximate surface area is 102 Å². The molecule has 1 fully saturated rings. The lowest BCUT2D eigenvalue weighted by Gasteiger charge is -2.23. The van der Waals surface area contributed by atoms with Gasteiger partial charge in [-0.25, -0.2) is 5.43 Å². The van der Waals surface area contributed by atoms with Gasteiger partial charge in [-0.05, 0) is 17.7 Å². The van der Waals surface area contributed by atoms with Crippen LogP contribution >= 0.6 is 23.2 Å².